The first-order chi connectivity index (χ1) is 10.2. The number of aromatic nitrogens is 1. The fourth-order valence-electron chi connectivity index (χ4n) is 2.58. The Hall–Kier alpha value is -2.14. The number of nitrogens with two attached hydrogens (primary N) is 1. The molecule has 1 amide bonds. The molecule has 21 heavy (non-hydrogen) atoms. The molecule has 5 nitrogen and oxygen atoms in total. The summed E-state index contributed by atoms with van der Waals surface area (Å²) in [6, 6.07) is 9.16. The van der Waals surface area contributed by atoms with Crippen LogP contribution in [0.15, 0.2) is 30.3 Å². The number of carbonyl (C=O) groups is 1. The number of nitrogens with one attached hydrogen (secondary N) is 1. The van der Waals surface area contributed by atoms with Crippen LogP contribution in [-0.2, 0) is 4.74 Å². The zero-order chi connectivity index (χ0) is 14.7. The second kappa shape index (κ2) is 6.10. The van der Waals surface area contributed by atoms with Crippen LogP contribution in [-0.4, -0.2) is 30.1 Å². The van der Waals surface area contributed by atoms with Crippen molar-refractivity contribution in [3.8, 4) is 0 Å². The maximum absolute atomic E-state index is 12.2. The Bertz CT molecular complexity index is 651. The van der Waals surface area contributed by atoms with E-state index in [4.69, 9.17) is 10.5 Å². The van der Waals surface area contributed by atoms with Crippen molar-refractivity contribution in [2.45, 2.75) is 25.4 Å². The lowest BCUT2D eigenvalue weighted by Gasteiger charge is -2.22. The van der Waals surface area contributed by atoms with Crippen molar-refractivity contribution in [3.05, 3.63) is 36.0 Å². The molecular formula is C16H19N3O2. The summed E-state index contributed by atoms with van der Waals surface area (Å²) in [6.07, 6.45) is 3.36. The van der Waals surface area contributed by atoms with E-state index in [9.17, 15) is 4.79 Å². The number of carbonyl (C=O) groups excluding carboxylic acids is 1. The summed E-state index contributed by atoms with van der Waals surface area (Å²) >= 11 is 0. The van der Waals surface area contributed by atoms with Crippen LogP contribution in [0.4, 0.5) is 5.69 Å². The summed E-state index contributed by atoms with van der Waals surface area (Å²) in [6.45, 7) is 1.30. The number of ether oxygens (including phenoxy) is 1. The number of amides is 1. The highest BCUT2D eigenvalue weighted by molar-refractivity contribution is 5.99. The summed E-state index contributed by atoms with van der Waals surface area (Å²) in [5.74, 6) is -0.207. The fraction of sp³-hybridized carbons (Fsp3) is 0.375. The smallest absolute Gasteiger partial charge is 0.270 e. The highest BCUT2D eigenvalue weighted by Crippen LogP contribution is 2.20. The third kappa shape index (κ3) is 3.13. The van der Waals surface area contributed by atoms with Gasteiger partial charge in [-0.15, -0.1) is 0 Å². The number of hydrogen-bond donors (Lipinski definition) is 2. The van der Waals surface area contributed by atoms with Crippen LogP contribution in [0.2, 0.25) is 0 Å². The Morgan fingerprint density at radius 1 is 1.38 bits per heavy atom. The molecule has 1 aromatic carbocycles. The van der Waals surface area contributed by atoms with Crippen molar-refractivity contribution in [2.24, 2.45) is 0 Å². The van der Waals surface area contributed by atoms with Gasteiger partial charge >= 0.3 is 0 Å². The molecule has 1 atom stereocenters. The van der Waals surface area contributed by atoms with Gasteiger partial charge in [-0.25, -0.2) is 4.98 Å². The summed E-state index contributed by atoms with van der Waals surface area (Å²) in [5, 5.41) is 3.74. The standard InChI is InChI=1S/C16H19N3O2/c17-13-9-15(19-14-7-2-1-6-12(13)14)16(20)18-10-11-5-3-4-8-21-11/h1-2,6-7,9,11H,3-5,8,10H2,(H2,17,19)(H,18,20). The van der Waals surface area contributed by atoms with Crippen LogP contribution in [0.1, 0.15) is 29.8 Å². The molecule has 0 bridgehead atoms. The van der Waals surface area contributed by atoms with E-state index in [0.29, 0.717) is 17.9 Å². The number of rotatable bonds is 3. The van der Waals surface area contributed by atoms with E-state index in [1.807, 2.05) is 24.3 Å². The minimum atomic E-state index is -0.207. The number of anilines is 1. The molecule has 2 heterocycles. The SMILES string of the molecule is Nc1cc(C(=O)NCC2CCCCO2)nc2ccccc12. The first-order valence-corrected chi connectivity index (χ1v) is 7.29. The van der Waals surface area contributed by atoms with E-state index in [-0.39, 0.29) is 12.0 Å². The number of fused-ring (bicyclic) bond motifs is 1. The second-order valence-corrected chi connectivity index (χ2v) is 5.31. The molecule has 1 aromatic heterocycles. The van der Waals surface area contributed by atoms with Crippen molar-refractivity contribution >= 4 is 22.5 Å². The van der Waals surface area contributed by atoms with Gasteiger partial charge in [0.2, 0.25) is 0 Å². The number of nitrogens with zero attached hydrogens (tertiary/aromatic N) is 1. The molecule has 0 aliphatic carbocycles. The van der Waals surface area contributed by atoms with Gasteiger partial charge in [-0.05, 0) is 31.4 Å². The highest BCUT2D eigenvalue weighted by Gasteiger charge is 2.16. The third-order valence-corrected chi connectivity index (χ3v) is 3.75. The van der Waals surface area contributed by atoms with Crippen LogP contribution >= 0.6 is 0 Å². The Morgan fingerprint density at radius 2 is 2.24 bits per heavy atom. The normalized spacial score (nSPS) is 18.6. The van der Waals surface area contributed by atoms with Crippen molar-refractivity contribution in [3.63, 3.8) is 0 Å². The van der Waals surface area contributed by atoms with Crippen LogP contribution in [0.5, 0.6) is 0 Å². The summed E-state index contributed by atoms with van der Waals surface area (Å²) in [7, 11) is 0. The van der Waals surface area contributed by atoms with Gasteiger partial charge < -0.3 is 15.8 Å². The molecule has 2 aromatic rings. The monoisotopic (exact) mass is 285 g/mol. The zero-order valence-corrected chi connectivity index (χ0v) is 11.8. The lowest BCUT2D eigenvalue weighted by Crippen LogP contribution is -2.35. The van der Waals surface area contributed by atoms with Crippen molar-refractivity contribution < 1.29 is 9.53 Å². The second-order valence-electron chi connectivity index (χ2n) is 5.31. The first kappa shape index (κ1) is 13.8. The van der Waals surface area contributed by atoms with Gasteiger partial charge in [0, 0.05) is 24.2 Å². The van der Waals surface area contributed by atoms with Gasteiger partial charge in [-0.1, -0.05) is 18.2 Å². The topological polar surface area (TPSA) is 77.2 Å². The average molecular weight is 285 g/mol. The molecule has 1 aliphatic heterocycles. The molecule has 1 fully saturated rings. The van der Waals surface area contributed by atoms with Crippen LogP contribution in [0, 0.1) is 0 Å². The summed E-state index contributed by atoms with van der Waals surface area (Å²) < 4.78 is 5.60. The van der Waals surface area contributed by atoms with Crippen molar-refractivity contribution in [2.75, 3.05) is 18.9 Å². The third-order valence-electron chi connectivity index (χ3n) is 3.75. The molecule has 1 unspecified atom stereocenters. The fourth-order valence-corrected chi connectivity index (χ4v) is 2.58. The number of pyridine rings is 1. The van der Waals surface area contributed by atoms with E-state index in [1.54, 1.807) is 6.07 Å². The van der Waals surface area contributed by atoms with Gasteiger partial charge in [0.1, 0.15) is 5.69 Å². The number of benzene rings is 1. The molecule has 1 saturated heterocycles. The van der Waals surface area contributed by atoms with Crippen molar-refractivity contribution in [1.82, 2.24) is 10.3 Å². The maximum atomic E-state index is 12.2. The minimum absolute atomic E-state index is 0.112. The van der Waals surface area contributed by atoms with Crippen LogP contribution < -0.4 is 11.1 Å². The van der Waals surface area contributed by atoms with Crippen molar-refractivity contribution in [1.29, 1.82) is 0 Å². The largest absolute Gasteiger partial charge is 0.398 e. The van der Waals surface area contributed by atoms with Gasteiger partial charge in [0.15, 0.2) is 0 Å². The highest BCUT2D eigenvalue weighted by atomic mass is 16.5. The molecule has 1 aliphatic rings. The average Bonchev–Trinajstić information content (AvgIpc) is 2.53. The van der Waals surface area contributed by atoms with Crippen LogP contribution in [0.3, 0.4) is 0 Å². The van der Waals surface area contributed by atoms with Gasteiger partial charge in [0.05, 0.1) is 11.6 Å². The van der Waals surface area contributed by atoms with E-state index >= 15 is 0 Å². The van der Waals surface area contributed by atoms with E-state index < -0.39 is 0 Å². The van der Waals surface area contributed by atoms with Crippen LogP contribution in [0.25, 0.3) is 10.9 Å². The molecule has 5 heteroatoms. The molecule has 3 N–H and O–H groups in total. The number of para-hydroxylation sites is 1. The molecule has 110 valence electrons. The molecule has 3 rings (SSSR count). The van der Waals surface area contributed by atoms with Gasteiger partial charge in [-0.3, -0.25) is 4.79 Å². The summed E-state index contributed by atoms with van der Waals surface area (Å²) in [4.78, 5) is 16.6. The lowest BCUT2D eigenvalue weighted by molar-refractivity contribution is 0.0168. The molecule has 0 saturated carbocycles. The van der Waals surface area contributed by atoms with E-state index in [1.165, 1.54) is 0 Å². The summed E-state index contributed by atoms with van der Waals surface area (Å²) in [5.41, 5.74) is 7.64. The Kier molecular flexibility index (Phi) is 4.01. The quantitative estimate of drug-likeness (QED) is 0.905. The number of nitrogen functional groups attached to an aromatic ring is 1. The molecule has 0 spiro atoms. The minimum Gasteiger partial charge on any atom is -0.398 e. The lowest BCUT2D eigenvalue weighted by atomic mass is 10.1. The Morgan fingerprint density at radius 3 is 3.05 bits per heavy atom. The van der Waals surface area contributed by atoms with Gasteiger partial charge in [-0.2, -0.15) is 0 Å². The molecular weight excluding hydrogens is 266 g/mol. The van der Waals surface area contributed by atoms with Gasteiger partial charge in [0.25, 0.3) is 5.91 Å². The Labute approximate surface area is 123 Å². The van der Waals surface area contributed by atoms with E-state index in [2.05, 4.69) is 10.3 Å². The number of hydrogen-bond acceptors (Lipinski definition) is 4. The van der Waals surface area contributed by atoms with E-state index in [0.717, 1.165) is 36.8 Å². The maximum Gasteiger partial charge on any atom is 0.270 e. The predicted molar refractivity (Wildman–Crippen MR) is 82.1 cm³/mol. The Balaban J connectivity index is 1.72. The first-order valence-electron chi connectivity index (χ1n) is 7.29. The predicted octanol–water partition coefficient (Wildman–Crippen LogP) is 2.12. The molecule has 0 radical (unpaired) electrons. The zero-order valence-electron chi connectivity index (χ0n) is 11.8.